The maximum absolute atomic E-state index is 13.8. The van der Waals surface area contributed by atoms with Crippen LogP contribution < -0.4 is 10.2 Å². The molecule has 20 heavy (non-hydrogen) atoms. The van der Waals surface area contributed by atoms with Gasteiger partial charge in [0.25, 0.3) is 0 Å². The number of hydrogen-bond donors (Lipinski definition) is 1. The largest absolute Gasteiger partial charge is 0.371 e. The fourth-order valence-corrected chi connectivity index (χ4v) is 3.17. The van der Waals surface area contributed by atoms with Crippen molar-refractivity contribution in [3.05, 3.63) is 29.6 Å². The van der Waals surface area contributed by atoms with Crippen LogP contribution in [-0.2, 0) is 6.54 Å². The summed E-state index contributed by atoms with van der Waals surface area (Å²) in [7, 11) is 1.89. The minimum absolute atomic E-state index is 0.127. The lowest BCUT2D eigenvalue weighted by atomic mass is 9.89. The molecule has 1 atom stereocenters. The van der Waals surface area contributed by atoms with Gasteiger partial charge in [-0.15, -0.1) is 0 Å². The second-order valence-corrected chi connectivity index (χ2v) is 6.27. The molecule has 0 aromatic heterocycles. The molecule has 0 bridgehead atoms. The maximum Gasteiger partial charge on any atom is 0.125 e. The van der Waals surface area contributed by atoms with Crippen molar-refractivity contribution in [2.24, 2.45) is 11.8 Å². The van der Waals surface area contributed by atoms with Gasteiger partial charge in [0.05, 0.1) is 0 Å². The van der Waals surface area contributed by atoms with Crippen LogP contribution in [0.1, 0.15) is 38.7 Å². The SMILES string of the molecule is CNCc1cc(F)cc(N2CCCC(C(C)C)CC2)c1. The van der Waals surface area contributed by atoms with Gasteiger partial charge in [0.15, 0.2) is 0 Å². The summed E-state index contributed by atoms with van der Waals surface area (Å²) in [5, 5.41) is 3.09. The molecule has 0 radical (unpaired) electrons. The van der Waals surface area contributed by atoms with Crippen molar-refractivity contribution in [3.8, 4) is 0 Å². The Balaban J connectivity index is 2.11. The predicted molar refractivity (Wildman–Crippen MR) is 83.6 cm³/mol. The predicted octanol–water partition coefficient (Wildman–Crippen LogP) is 3.81. The molecule has 1 aromatic rings. The average Bonchev–Trinajstić information content (AvgIpc) is 2.64. The zero-order valence-electron chi connectivity index (χ0n) is 13.0. The Kier molecular flexibility index (Phi) is 5.41. The third-order valence-electron chi connectivity index (χ3n) is 4.40. The molecule has 1 unspecified atom stereocenters. The summed E-state index contributed by atoms with van der Waals surface area (Å²) in [6, 6.07) is 5.42. The van der Waals surface area contributed by atoms with E-state index in [1.54, 1.807) is 12.1 Å². The highest BCUT2D eigenvalue weighted by atomic mass is 19.1. The minimum Gasteiger partial charge on any atom is -0.371 e. The van der Waals surface area contributed by atoms with Crippen LogP contribution in [0.25, 0.3) is 0 Å². The van der Waals surface area contributed by atoms with Crippen molar-refractivity contribution in [2.45, 2.75) is 39.7 Å². The second kappa shape index (κ2) is 7.07. The number of nitrogens with one attached hydrogen (secondary N) is 1. The molecule has 2 nitrogen and oxygen atoms in total. The molecule has 0 aliphatic carbocycles. The van der Waals surface area contributed by atoms with Crippen molar-refractivity contribution in [3.63, 3.8) is 0 Å². The van der Waals surface area contributed by atoms with Gasteiger partial charge in [0.2, 0.25) is 0 Å². The lowest BCUT2D eigenvalue weighted by molar-refractivity contribution is 0.351. The number of anilines is 1. The fraction of sp³-hybridized carbons (Fsp3) is 0.647. The van der Waals surface area contributed by atoms with E-state index in [1.807, 2.05) is 7.05 Å². The molecular weight excluding hydrogens is 251 g/mol. The molecule has 1 fully saturated rings. The summed E-state index contributed by atoms with van der Waals surface area (Å²) in [4.78, 5) is 2.35. The molecule has 1 saturated heterocycles. The molecule has 2 rings (SSSR count). The summed E-state index contributed by atoms with van der Waals surface area (Å²) in [6.45, 7) is 7.44. The van der Waals surface area contributed by atoms with E-state index in [-0.39, 0.29) is 5.82 Å². The van der Waals surface area contributed by atoms with Crippen molar-refractivity contribution < 1.29 is 4.39 Å². The highest BCUT2D eigenvalue weighted by Gasteiger charge is 2.20. The molecule has 0 saturated carbocycles. The lowest BCUT2D eigenvalue weighted by Crippen LogP contribution is -2.25. The van der Waals surface area contributed by atoms with Crippen LogP contribution in [0.5, 0.6) is 0 Å². The number of nitrogens with zero attached hydrogens (tertiary/aromatic N) is 1. The van der Waals surface area contributed by atoms with Crippen LogP contribution in [-0.4, -0.2) is 20.1 Å². The van der Waals surface area contributed by atoms with Crippen LogP contribution in [0.3, 0.4) is 0 Å². The normalized spacial score (nSPS) is 20.2. The average molecular weight is 278 g/mol. The van der Waals surface area contributed by atoms with E-state index in [2.05, 4.69) is 30.1 Å². The molecular formula is C17H27FN2. The standard InChI is InChI=1S/C17H27FN2/c1-13(2)15-5-4-7-20(8-6-15)17-10-14(12-19-3)9-16(18)11-17/h9-11,13,15,19H,4-8,12H2,1-3H3. The van der Waals surface area contributed by atoms with E-state index < -0.39 is 0 Å². The zero-order chi connectivity index (χ0) is 14.5. The second-order valence-electron chi connectivity index (χ2n) is 6.27. The van der Waals surface area contributed by atoms with Crippen molar-refractivity contribution >= 4 is 5.69 Å². The maximum atomic E-state index is 13.8. The monoisotopic (exact) mass is 278 g/mol. The summed E-state index contributed by atoms with van der Waals surface area (Å²) < 4.78 is 13.8. The Morgan fingerprint density at radius 1 is 1.25 bits per heavy atom. The van der Waals surface area contributed by atoms with Gasteiger partial charge >= 0.3 is 0 Å². The van der Waals surface area contributed by atoms with Crippen molar-refractivity contribution in [1.82, 2.24) is 5.32 Å². The Hall–Kier alpha value is -1.09. The Morgan fingerprint density at radius 2 is 2.05 bits per heavy atom. The molecule has 3 heteroatoms. The van der Waals surface area contributed by atoms with Crippen molar-refractivity contribution in [2.75, 3.05) is 25.0 Å². The van der Waals surface area contributed by atoms with E-state index >= 15 is 0 Å². The van der Waals surface area contributed by atoms with Crippen molar-refractivity contribution in [1.29, 1.82) is 0 Å². The van der Waals surface area contributed by atoms with Gasteiger partial charge < -0.3 is 10.2 Å². The highest BCUT2D eigenvalue weighted by Crippen LogP contribution is 2.28. The van der Waals surface area contributed by atoms with E-state index in [0.29, 0.717) is 6.54 Å². The van der Waals surface area contributed by atoms with Crippen LogP contribution in [0.2, 0.25) is 0 Å². The van der Waals surface area contributed by atoms with Crippen LogP contribution in [0.15, 0.2) is 18.2 Å². The number of rotatable bonds is 4. The zero-order valence-corrected chi connectivity index (χ0v) is 13.0. The topological polar surface area (TPSA) is 15.3 Å². The molecule has 1 aliphatic rings. The van der Waals surface area contributed by atoms with E-state index in [0.717, 1.165) is 36.2 Å². The third-order valence-corrected chi connectivity index (χ3v) is 4.40. The summed E-state index contributed by atoms with van der Waals surface area (Å²) in [5.74, 6) is 1.44. The first kappa shape index (κ1) is 15.3. The van der Waals surface area contributed by atoms with Gasteiger partial charge in [-0.2, -0.15) is 0 Å². The van der Waals surface area contributed by atoms with E-state index in [4.69, 9.17) is 0 Å². The van der Waals surface area contributed by atoms with Crippen LogP contribution >= 0.6 is 0 Å². The summed E-state index contributed by atoms with van der Waals surface area (Å²) >= 11 is 0. The van der Waals surface area contributed by atoms with E-state index in [9.17, 15) is 4.39 Å². The lowest BCUT2D eigenvalue weighted by Gasteiger charge is -2.24. The van der Waals surface area contributed by atoms with Crippen LogP contribution in [0, 0.1) is 17.7 Å². The van der Waals surface area contributed by atoms with Gasteiger partial charge in [-0.25, -0.2) is 4.39 Å². The Morgan fingerprint density at radius 3 is 2.75 bits per heavy atom. The first-order valence-corrected chi connectivity index (χ1v) is 7.79. The number of halogens is 1. The Labute approximate surface area is 122 Å². The van der Waals surface area contributed by atoms with Gasteiger partial charge in [-0.3, -0.25) is 0 Å². The minimum atomic E-state index is -0.127. The summed E-state index contributed by atoms with van der Waals surface area (Å²) in [6.07, 6.45) is 3.73. The van der Waals surface area contributed by atoms with Gasteiger partial charge in [0.1, 0.15) is 5.82 Å². The first-order valence-electron chi connectivity index (χ1n) is 7.79. The van der Waals surface area contributed by atoms with Gasteiger partial charge in [0, 0.05) is 25.3 Å². The van der Waals surface area contributed by atoms with Crippen LogP contribution in [0.4, 0.5) is 10.1 Å². The highest BCUT2D eigenvalue weighted by molar-refractivity contribution is 5.49. The molecule has 1 aromatic carbocycles. The fourth-order valence-electron chi connectivity index (χ4n) is 3.17. The number of benzene rings is 1. The Bertz CT molecular complexity index is 431. The van der Waals surface area contributed by atoms with Gasteiger partial charge in [-0.1, -0.05) is 13.8 Å². The quantitative estimate of drug-likeness (QED) is 0.901. The molecule has 1 N–H and O–H groups in total. The van der Waals surface area contributed by atoms with E-state index in [1.165, 1.54) is 19.3 Å². The molecule has 0 spiro atoms. The molecule has 112 valence electrons. The smallest absolute Gasteiger partial charge is 0.125 e. The molecule has 1 heterocycles. The molecule has 1 aliphatic heterocycles. The number of hydrogen-bond acceptors (Lipinski definition) is 2. The summed E-state index contributed by atoms with van der Waals surface area (Å²) in [5.41, 5.74) is 2.06. The first-order chi connectivity index (χ1) is 9.60. The molecule has 0 amide bonds. The van der Waals surface area contributed by atoms with Gasteiger partial charge in [-0.05, 0) is 61.9 Å². The third kappa shape index (κ3) is 3.95.